The highest BCUT2D eigenvalue weighted by molar-refractivity contribution is 7.80. The van der Waals surface area contributed by atoms with Crippen LogP contribution in [0.25, 0.3) is 0 Å². The minimum atomic E-state index is -4.51. The maximum absolute atomic E-state index is 11.7. The molecular weight excluding hydrogens is 412 g/mol. The van der Waals surface area contributed by atoms with Gasteiger partial charge in [0.15, 0.2) is 0 Å². The number of hydrogen-bond donors (Lipinski definition) is 1. The highest BCUT2D eigenvalue weighted by atomic mass is 32.3. The molecule has 31 heavy (non-hydrogen) atoms. The van der Waals surface area contributed by atoms with Gasteiger partial charge in [-0.25, -0.2) is 4.18 Å². The largest absolute Gasteiger partial charge is 0.472 e. The number of hydrogen-bond acceptors (Lipinski definition) is 4. The molecule has 0 saturated heterocycles. The van der Waals surface area contributed by atoms with E-state index in [4.69, 9.17) is 8.60 Å². The molecule has 0 spiro atoms. The number of fused-ring (bicyclic) bond motifs is 1. The molecule has 2 unspecified atom stereocenters. The molecule has 0 aliphatic heterocycles. The monoisotopic (exact) mass is 452 g/mol. The van der Waals surface area contributed by atoms with Gasteiger partial charge in [-0.2, -0.15) is 8.42 Å². The van der Waals surface area contributed by atoms with Crippen molar-refractivity contribution in [2.75, 3.05) is 0 Å². The second-order valence-corrected chi connectivity index (χ2v) is 12.0. The van der Waals surface area contributed by atoms with Gasteiger partial charge < -0.3 is 4.42 Å². The first-order chi connectivity index (χ1) is 14.4. The Hall–Kier alpha value is -1.11. The molecule has 3 rings (SSSR count). The Balaban J connectivity index is 1.77. The lowest BCUT2D eigenvalue weighted by molar-refractivity contribution is -0.0517. The maximum atomic E-state index is 11.7. The van der Waals surface area contributed by atoms with Crippen LogP contribution in [-0.4, -0.2) is 19.1 Å². The summed E-state index contributed by atoms with van der Waals surface area (Å²) in [5.41, 5.74) is 2.88. The Kier molecular flexibility index (Phi) is 7.44. The topological polar surface area (TPSA) is 76.7 Å². The first kappa shape index (κ1) is 24.5. The summed E-state index contributed by atoms with van der Waals surface area (Å²) in [4.78, 5) is 0. The summed E-state index contributed by atoms with van der Waals surface area (Å²) in [6, 6.07) is 1.96. The van der Waals surface area contributed by atoms with E-state index in [1.54, 1.807) is 12.5 Å². The summed E-state index contributed by atoms with van der Waals surface area (Å²) in [7, 11) is -4.51. The van der Waals surface area contributed by atoms with Crippen molar-refractivity contribution in [3.63, 3.8) is 0 Å². The van der Waals surface area contributed by atoms with Gasteiger partial charge in [-0.15, -0.1) is 0 Å². The smallest absolute Gasteiger partial charge is 0.397 e. The Bertz CT molecular complexity index is 854. The Morgan fingerprint density at radius 1 is 1.29 bits per heavy atom. The lowest BCUT2D eigenvalue weighted by Crippen LogP contribution is -2.49. The van der Waals surface area contributed by atoms with Gasteiger partial charge in [-0.05, 0) is 92.1 Å². The third-order valence-electron chi connectivity index (χ3n) is 8.35. The van der Waals surface area contributed by atoms with Gasteiger partial charge in [0.2, 0.25) is 0 Å². The first-order valence-electron chi connectivity index (χ1n) is 11.8. The zero-order chi connectivity index (χ0) is 22.9. The molecule has 176 valence electrons. The van der Waals surface area contributed by atoms with Gasteiger partial charge in [-0.1, -0.05) is 45.8 Å². The van der Waals surface area contributed by atoms with Crippen molar-refractivity contribution in [1.82, 2.24) is 0 Å². The summed E-state index contributed by atoms with van der Waals surface area (Å²) < 4.78 is 43.3. The van der Waals surface area contributed by atoms with Crippen LogP contribution in [-0.2, 0) is 21.0 Å². The zero-order valence-electron chi connectivity index (χ0n) is 19.8. The maximum Gasteiger partial charge on any atom is 0.397 e. The second kappa shape index (κ2) is 9.40. The minimum absolute atomic E-state index is 0.0159. The molecule has 1 aromatic heterocycles. The minimum Gasteiger partial charge on any atom is -0.472 e. The van der Waals surface area contributed by atoms with Crippen LogP contribution < -0.4 is 0 Å². The zero-order valence-corrected chi connectivity index (χ0v) is 20.6. The van der Waals surface area contributed by atoms with Crippen LogP contribution in [0.3, 0.4) is 0 Å². The van der Waals surface area contributed by atoms with E-state index in [1.165, 1.54) is 18.4 Å². The van der Waals surface area contributed by atoms with Crippen LogP contribution in [0, 0.1) is 28.6 Å². The fourth-order valence-electron chi connectivity index (χ4n) is 6.60. The van der Waals surface area contributed by atoms with Crippen LogP contribution in [0.2, 0.25) is 0 Å². The molecule has 2 aliphatic rings. The lowest BCUT2D eigenvalue weighted by Gasteiger charge is -2.57. The van der Waals surface area contributed by atoms with E-state index in [0.717, 1.165) is 37.7 Å². The SMILES string of the molecule is CC1=CC[C@H]2C(C)(C)CCC[C@]2(C)[C@H]1CC(OS(=O)(=O)O)C(C)CCCc1ccoc1. The van der Waals surface area contributed by atoms with Crippen molar-refractivity contribution >= 4 is 10.4 Å². The Morgan fingerprint density at radius 2 is 2.03 bits per heavy atom. The van der Waals surface area contributed by atoms with Crippen LogP contribution in [0.15, 0.2) is 34.7 Å². The van der Waals surface area contributed by atoms with Crippen molar-refractivity contribution in [3.05, 3.63) is 35.8 Å². The van der Waals surface area contributed by atoms with Gasteiger partial charge in [0.1, 0.15) is 0 Å². The van der Waals surface area contributed by atoms with Crippen LogP contribution in [0.5, 0.6) is 0 Å². The van der Waals surface area contributed by atoms with E-state index in [9.17, 15) is 13.0 Å². The molecule has 0 amide bonds. The van der Waals surface area contributed by atoms with Gasteiger partial charge in [-0.3, -0.25) is 4.55 Å². The van der Waals surface area contributed by atoms with Crippen molar-refractivity contribution in [2.24, 2.45) is 28.6 Å². The predicted octanol–water partition coefficient (Wildman–Crippen LogP) is 6.62. The van der Waals surface area contributed by atoms with E-state index >= 15 is 0 Å². The van der Waals surface area contributed by atoms with Crippen LogP contribution >= 0.6 is 0 Å². The van der Waals surface area contributed by atoms with Crippen molar-refractivity contribution in [2.45, 2.75) is 92.1 Å². The van der Waals surface area contributed by atoms with E-state index in [0.29, 0.717) is 12.3 Å². The molecule has 2 aliphatic carbocycles. The second-order valence-electron chi connectivity index (χ2n) is 10.9. The van der Waals surface area contributed by atoms with Crippen molar-refractivity contribution in [3.8, 4) is 0 Å². The van der Waals surface area contributed by atoms with Gasteiger partial charge in [0, 0.05) is 0 Å². The average Bonchev–Trinajstić information content (AvgIpc) is 3.15. The van der Waals surface area contributed by atoms with Gasteiger partial charge in [0.05, 0.1) is 18.6 Å². The normalized spacial score (nSPS) is 30.3. The summed E-state index contributed by atoms with van der Waals surface area (Å²) >= 11 is 0. The summed E-state index contributed by atoms with van der Waals surface area (Å²) in [6.07, 6.45) is 13.2. The highest BCUT2D eigenvalue weighted by Gasteiger charge is 2.52. The molecule has 5 nitrogen and oxygen atoms in total. The fraction of sp³-hybridized carbons (Fsp3) is 0.760. The average molecular weight is 453 g/mol. The number of aryl methyl sites for hydroxylation is 1. The standard InChI is InChI=1S/C25H40O5S/c1-18-10-11-23-24(3,4)13-7-14-25(23,5)21(18)16-22(30-31(26,27)28)19(2)8-6-9-20-12-15-29-17-20/h10,12,15,17,19,21-23H,6-9,11,13-14,16H2,1-5H3,(H,26,27,28)/t19?,21-,22?,23-,25+/m0/s1. The summed E-state index contributed by atoms with van der Waals surface area (Å²) in [5, 5.41) is 0. The molecule has 5 atom stereocenters. The van der Waals surface area contributed by atoms with Crippen LogP contribution in [0.1, 0.15) is 85.1 Å². The van der Waals surface area contributed by atoms with E-state index < -0.39 is 16.5 Å². The Morgan fingerprint density at radius 3 is 2.68 bits per heavy atom. The van der Waals surface area contributed by atoms with Gasteiger partial charge in [0.25, 0.3) is 0 Å². The molecule has 1 aromatic rings. The molecule has 1 saturated carbocycles. The first-order valence-corrected chi connectivity index (χ1v) is 13.1. The van der Waals surface area contributed by atoms with Crippen molar-refractivity contribution < 1.29 is 21.6 Å². The van der Waals surface area contributed by atoms with Crippen LogP contribution in [0.4, 0.5) is 0 Å². The molecule has 0 aromatic carbocycles. The summed E-state index contributed by atoms with van der Waals surface area (Å²) in [5.74, 6) is 0.848. The molecular formula is C25H40O5S. The van der Waals surface area contributed by atoms with E-state index in [-0.39, 0.29) is 22.7 Å². The quantitative estimate of drug-likeness (QED) is 0.337. The predicted molar refractivity (Wildman–Crippen MR) is 123 cm³/mol. The third kappa shape index (κ3) is 5.82. The van der Waals surface area contributed by atoms with Gasteiger partial charge >= 0.3 is 10.4 Å². The number of allylic oxidation sites excluding steroid dienone is 2. The highest BCUT2D eigenvalue weighted by Crippen LogP contribution is 2.60. The Labute approximate surface area is 188 Å². The molecule has 6 heteroatoms. The van der Waals surface area contributed by atoms with E-state index in [2.05, 4.69) is 33.8 Å². The fourth-order valence-corrected chi connectivity index (χ4v) is 7.18. The van der Waals surface area contributed by atoms with Crippen molar-refractivity contribution in [1.29, 1.82) is 0 Å². The molecule has 0 bridgehead atoms. The third-order valence-corrected chi connectivity index (χ3v) is 8.84. The number of rotatable bonds is 9. The lowest BCUT2D eigenvalue weighted by atomic mass is 9.48. The van der Waals surface area contributed by atoms with E-state index in [1.807, 2.05) is 13.0 Å². The molecule has 1 fully saturated rings. The number of furan rings is 1. The summed E-state index contributed by atoms with van der Waals surface area (Å²) in [6.45, 7) is 11.4. The molecule has 0 radical (unpaired) electrons. The molecule has 1 N–H and O–H groups in total. The molecule has 1 heterocycles.